The van der Waals surface area contributed by atoms with Crippen LogP contribution in [0.2, 0.25) is 0 Å². The van der Waals surface area contributed by atoms with E-state index >= 15 is 0 Å². The number of fused-ring (bicyclic) bond motifs is 1. The number of amides is 2. The average Bonchev–Trinajstić information content (AvgIpc) is 3.11. The summed E-state index contributed by atoms with van der Waals surface area (Å²) in [6.07, 6.45) is 0. The first-order chi connectivity index (χ1) is 12.9. The fourth-order valence-corrected chi connectivity index (χ4v) is 2.88. The fraction of sp³-hybridized carbons (Fsp3) is 0.273. The summed E-state index contributed by atoms with van der Waals surface area (Å²) >= 11 is 0. The first-order valence-corrected chi connectivity index (χ1v) is 8.96. The summed E-state index contributed by atoms with van der Waals surface area (Å²) < 4.78 is 5.84. The van der Waals surface area contributed by atoms with Gasteiger partial charge in [0, 0.05) is 18.0 Å². The van der Waals surface area contributed by atoms with Crippen LogP contribution in [0.5, 0.6) is 0 Å². The number of hydrogen-bond acceptors (Lipinski definition) is 3. The summed E-state index contributed by atoms with van der Waals surface area (Å²) in [4.78, 5) is 26.4. The molecule has 5 nitrogen and oxygen atoms in total. The molecular formula is C22H24N2O3. The van der Waals surface area contributed by atoms with Gasteiger partial charge >= 0.3 is 0 Å². The lowest BCUT2D eigenvalue weighted by molar-refractivity contribution is -0.131. The van der Waals surface area contributed by atoms with Crippen molar-refractivity contribution >= 4 is 22.8 Å². The molecule has 140 valence electrons. The van der Waals surface area contributed by atoms with Crippen molar-refractivity contribution in [1.29, 1.82) is 0 Å². The minimum absolute atomic E-state index is 0.0627. The number of carbonyl (C=O) groups is 2. The van der Waals surface area contributed by atoms with E-state index in [1.165, 1.54) is 0 Å². The molecule has 2 aromatic carbocycles. The third-order valence-corrected chi connectivity index (χ3v) is 5.00. The third-order valence-electron chi connectivity index (χ3n) is 5.00. The molecule has 0 saturated heterocycles. The molecule has 27 heavy (non-hydrogen) atoms. The monoisotopic (exact) mass is 364 g/mol. The number of nitrogens with zero attached hydrogens (tertiary/aromatic N) is 1. The third kappa shape index (κ3) is 4.03. The first kappa shape index (κ1) is 18.7. The van der Waals surface area contributed by atoms with Gasteiger partial charge in [0.25, 0.3) is 5.91 Å². The maximum absolute atomic E-state index is 12.5. The van der Waals surface area contributed by atoms with E-state index in [1.54, 1.807) is 18.0 Å². The van der Waals surface area contributed by atoms with Gasteiger partial charge in [-0.15, -0.1) is 0 Å². The Bertz CT molecular complexity index is 957. The van der Waals surface area contributed by atoms with Crippen LogP contribution in [0.4, 0.5) is 0 Å². The zero-order chi connectivity index (χ0) is 19.6. The molecule has 5 heteroatoms. The average molecular weight is 364 g/mol. The SMILES string of the molecule is Cc1ccc(C(=O)NCC(=O)N(C)C(C)c2cc3ccccc3o2)cc1C. The van der Waals surface area contributed by atoms with Crippen molar-refractivity contribution in [2.75, 3.05) is 13.6 Å². The van der Waals surface area contributed by atoms with E-state index in [0.717, 1.165) is 22.1 Å². The Kier molecular flexibility index (Phi) is 5.31. The fourth-order valence-electron chi connectivity index (χ4n) is 2.88. The lowest BCUT2D eigenvalue weighted by atomic mass is 10.1. The number of hydrogen-bond donors (Lipinski definition) is 1. The molecule has 0 bridgehead atoms. The van der Waals surface area contributed by atoms with Crippen LogP contribution in [-0.2, 0) is 4.79 Å². The molecule has 1 unspecified atom stereocenters. The van der Waals surface area contributed by atoms with E-state index in [2.05, 4.69) is 5.32 Å². The molecule has 3 rings (SSSR count). The topological polar surface area (TPSA) is 62.6 Å². The van der Waals surface area contributed by atoms with E-state index in [4.69, 9.17) is 4.42 Å². The number of para-hydroxylation sites is 1. The van der Waals surface area contributed by atoms with E-state index in [-0.39, 0.29) is 24.4 Å². The smallest absolute Gasteiger partial charge is 0.251 e. The molecule has 0 fully saturated rings. The van der Waals surface area contributed by atoms with Crippen LogP contribution in [0.3, 0.4) is 0 Å². The maximum Gasteiger partial charge on any atom is 0.251 e. The molecule has 1 aromatic heterocycles. The molecule has 0 aliphatic rings. The van der Waals surface area contributed by atoms with Crippen molar-refractivity contribution in [1.82, 2.24) is 10.2 Å². The van der Waals surface area contributed by atoms with E-state index in [9.17, 15) is 9.59 Å². The van der Waals surface area contributed by atoms with E-state index in [0.29, 0.717) is 11.3 Å². The summed E-state index contributed by atoms with van der Waals surface area (Å²) in [6.45, 7) is 5.79. The van der Waals surface area contributed by atoms with Crippen molar-refractivity contribution in [2.24, 2.45) is 0 Å². The van der Waals surface area contributed by atoms with Crippen molar-refractivity contribution in [3.8, 4) is 0 Å². The Balaban J connectivity index is 1.62. The summed E-state index contributed by atoms with van der Waals surface area (Å²) in [7, 11) is 1.71. The van der Waals surface area contributed by atoms with Gasteiger partial charge in [-0.25, -0.2) is 0 Å². The Labute approximate surface area is 159 Å². The van der Waals surface area contributed by atoms with Gasteiger partial charge in [0.05, 0.1) is 12.6 Å². The van der Waals surface area contributed by atoms with Crippen LogP contribution in [-0.4, -0.2) is 30.3 Å². The van der Waals surface area contributed by atoms with Crippen molar-refractivity contribution in [2.45, 2.75) is 26.8 Å². The van der Waals surface area contributed by atoms with Gasteiger partial charge in [-0.2, -0.15) is 0 Å². The lowest BCUT2D eigenvalue weighted by Gasteiger charge is -2.23. The normalized spacial score (nSPS) is 12.0. The van der Waals surface area contributed by atoms with Crippen molar-refractivity contribution in [3.63, 3.8) is 0 Å². The van der Waals surface area contributed by atoms with Crippen LogP contribution in [0.1, 0.15) is 40.2 Å². The molecule has 0 aliphatic carbocycles. The highest BCUT2D eigenvalue weighted by molar-refractivity contribution is 5.96. The molecule has 1 heterocycles. The van der Waals surface area contributed by atoms with Gasteiger partial charge in [-0.05, 0) is 56.2 Å². The Morgan fingerprint density at radius 2 is 1.81 bits per heavy atom. The molecular weight excluding hydrogens is 340 g/mol. The second kappa shape index (κ2) is 7.66. The van der Waals surface area contributed by atoms with Crippen LogP contribution in [0.25, 0.3) is 11.0 Å². The summed E-state index contributed by atoms with van der Waals surface area (Å²) in [5.41, 5.74) is 3.52. The van der Waals surface area contributed by atoms with Crippen LogP contribution in [0, 0.1) is 13.8 Å². The number of benzene rings is 2. The second-order valence-corrected chi connectivity index (χ2v) is 6.85. The highest BCUT2D eigenvalue weighted by Gasteiger charge is 2.21. The predicted molar refractivity (Wildman–Crippen MR) is 106 cm³/mol. The number of carbonyl (C=O) groups excluding carboxylic acids is 2. The van der Waals surface area contributed by atoms with Gasteiger partial charge in [-0.1, -0.05) is 24.3 Å². The largest absolute Gasteiger partial charge is 0.459 e. The highest BCUT2D eigenvalue weighted by atomic mass is 16.3. The van der Waals surface area contributed by atoms with Crippen molar-refractivity contribution < 1.29 is 14.0 Å². The van der Waals surface area contributed by atoms with Gasteiger partial charge in [0.2, 0.25) is 5.91 Å². The first-order valence-electron chi connectivity index (χ1n) is 8.96. The molecule has 0 spiro atoms. The summed E-state index contributed by atoms with van der Waals surface area (Å²) in [5, 5.41) is 3.70. The predicted octanol–water partition coefficient (Wildman–Crippen LogP) is 4.00. The van der Waals surface area contributed by atoms with Gasteiger partial charge in [0.15, 0.2) is 0 Å². The Morgan fingerprint density at radius 3 is 2.52 bits per heavy atom. The summed E-state index contributed by atoms with van der Waals surface area (Å²) in [6, 6.07) is 14.9. The molecule has 2 amide bonds. The number of rotatable bonds is 5. The minimum atomic E-state index is -0.253. The molecule has 1 N–H and O–H groups in total. The zero-order valence-electron chi connectivity index (χ0n) is 16.1. The molecule has 3 aromatic rings. The standard InChI is InChI=1S/C22H24N2O3/c1-14-9-10-18(11-15(14)2)22(26)23-13-21(25)24(4)16(3)20-12-17-7-5-6-8-19(17)27-20/h5-12,16H,13H2,1-4H3,(H,23,26). The van der Waals surface area contributed by atoms with Gasteiger partial charge in [-0.3, -0.25) is 9.59 Å². The highest BCUT2D eigenvalue weighted by Crippen LogP contribution is 2.26. The Morgan fingerprint density at radius 1 is 1.07 bits per heavy atom. The lowest BCUT2D eigenvalue weighted by Crippen LogP contribution is -2.39. The second-order valence-electron chi connectivity index (χ2n) is 6.85. The number of nitrogens with one attached hydrogen (secondary N) is 1. The molecule has 0 radical (unpaired) electrons. The summed E-state index contributed by atoms with van der Waals surface area (Å²) in [5.74, 6) is 0.281. The van der Waals surface area contributed by atoms with Crippen LogP contribution >= 0.6 is 0 Å². The zero-order valence-corrected chi connectivity index (χ0v) is 16.1. The minimum Gasteiger partial charge on any atom is -0.459 e. The van der Waals surface area contributed by atoms with Crippen LogP contribution in [0.15, 0.2) is 52.9 Å². The molecule has 0 saturated carbocycles. The van der Waals surface area contributed by atoms with Crippen molar-refractivity contribution in [3.05, 3.63) is 71.0 Å². The number of furan rings is 1. The molecule has 0 aliphatic heterocycles. The maximum atomic E-state index is 12.5. The van der Waals surface area contributed by atoms with Gasteiger partial charge < -0.3 is 14.6 Å². The Hall–Kier alpha value is -3.08. The van der Waals surface area contributed by atoms with E-state index in [1.807, 2.05) is 63.2 Å². The molecule has 1 atom stereocenters. The van der Waals surface area contributed by atoms with Gasteiger partial charge in [0.1, 0.15) is 11.3 Å². The van der Waals surface area contributed by atoms with Crippen LogP contribution < -0.4 is 5.32 Å². The quantitative estimate of drug-likeness (QED) is 0.744. The number of likely N-dealkylation sites (N-methyl/N-ethyl adjacent to an activating group) is 1. The van der Waals surface area contributed by atoms with E-state index < -0.39 is 0 Å². The number of aryl methyl sites for hydroxylation is 2.